The SMILES string of the molecule is COc1cc(OC)cc(C(=O)N2CCC(C(=O)N3CCCC3c3ccc(C(C)(C)C)cc3)CC2)c1. The smallest absolute Gasteiger partial charge is 0.254 e. The van der Waals surface area contributed by atoms with Gasteiger partial charge in [0.2, 0.25) is 5.91 Å². The molecule has 0 spiro atoms. The molecular weight excluding hydrogens is 440 g/mol. The van der Waals surface area contributed by atoms with Crippen LogP contribution in [0, 0.1) is 5.92 Å². The minimum Gasteiger partial charge on any atom is -0.497 e. The predicted octanol–water partition coefficient (Wildman–Crippen LogP) is 5.22. The maximum Gasteiger partial charge on any atom is 0.254 e. The molecule has 2 aromatic rings. The van der Waals surface area contributed by atoms with Crippen molar-refractivity contribution >= 4 is 11.8 Å². The molecule has 0 aliphatic carbocycles. The van der Waals surface area contributed by atoms with E-state index in [-0.39, 0.29) is 29.2 Å². The van der Waals surface area contributed by atoms with Gasteiger partial charge in [0.05, 0.1) is 20.3 Å². The summed E-state index contributed by atoms with van der Waals surface area (Å²) in [5.41, 5.74) is 3.20. The van der Waals surface area contributed by atoms with Gasteiger partial charge in [-0.2, -0.15) is 0 Å². The van der Waals surface area contributed by atoms with Crippen LogP contribution >= 0.6 is 0 Å². The van der Waals surface area contributed by atoms with E-state index in [1.807, 2.05) is 4.90 Å². The highest BCUT2D eigenvalue weighted by Gasteiger charge is 2.36. The molecule has 2 amide bonds. The first-order valence-electron chi connectivity index (χ1n) is 12.6. The molecule has 188 valence electrons. The van der Waals surface area contributed by atoms with Crippen LogP contribution in [0.5, 0.6) is 11.5 Å². The molecular formula is C29H38N2O4. The van der Waals surface area contributed by atoms with Crippen molar-refractivity contribution in [2.24, 2.45) is 5.92 Å². The van der Waals surface area contributed by atoms with Crippen molar-refractivity contribution in [3.8, 4) is 11.5 Å². The van der Waals surface area contributed by atoms with Gasteiger partial charge in [0.15, 0.2) is 0 Å². The molecule has 0 N–H and O–H groups in total. The molecule has 0 saturated carbocycles. The third-order valence-electron chi connectivity index (χ3n) is 7.43. The van der Waals surface area contributed by atoms with E-state index >= 15 is 0 Å². The van der Waals surface area contributed by atoms with Crippen LogP contribution in [0.15, 0.2) is 42.5 Å². The maximum absolute atomic E-state index is 13.5. The lowest BCUT2D eigenvalue weighted by Crippen LogP contribution is -2.44. The van der Waals surface area contributed by atoms with Crippen LogP contribution in [0.1, 0.15) is 74.0 Å². The van der Waals surface area contributed by atoms with E-state index in [2.05, 4.69) is 49.9 Å². The van der Waals surface area contributed by atoms with Crippen molar-refractivity contribution in [2.75, 3.05) is 33.9 Å². The Morgan fingerprint density at radius 2 is 1.46 bits per heavy atom. The van der Waals surface area contributed by atoms with Crippen molar-refractivity contribution in [3.05, 3.63) is 59.2 Å². The first-order valence-corrected chi connectivity index (χ1v) is 12.6. The molecule has 6 nitrogen and oxygen atoms in total. The first-order chi connectivity index (χ1) is 16.7. The number of piperidine rings is 1. The van der Waals surface area contributed by atoms with Crippen molar-refractivity contribution in [1.29, 1.82) is 0 Å². The summed E-state index contributed by atoms with van der Waals surface area (Å²) in [7, 11) is 3.15. The van der Waals surface area contributed by atoms with E-state index < -0.39 is 0 Å². The van der Waals surface area contributed by atoms with E-state index in [0.29, 0.717) is 43.0 Å². The fraction of sp³-hybridized carbons (Fsp3) is 0.517. The molecule has 1 atom stereocenters. The molecule has 2 aromatic carbocycles. The van der Waals surface area contributed by atoms with Gasteiger partial charge in [0, 0.05) is 37.2 Å². The second kappa shape index (κ2) is 10.3. The van der Waals surface area contributed by atoms with Crippen molar-refractivity contribution in [3.63, 3.8) is 0 Å². The Balaban J connectivity index is 1.39. The van der Waals surface area contributed by atoms with Gasteiger partial charge in [0.1, 0.15) is 11.5 Å². The molecule has 2 saturated heterocycles. The van der Waals surface area contributed by atoms with Crippen LogP contribution in [0.25, 0.3) is 0 Å². The Morgan fingerprint density at radius 1 is 0.857 bits per heavy atom. The second-order valence-electron chi connectivity index (χ2n) is 10.7. The number of hydrogen-bond donors (Lipinski definition) is 0. The maximum atomic E-state index is 13.5. The van der Waals surface area contributed by atoms with E-state index in [1.165, 1.54) is 11.1 Å². The molecule has 2 aliphatic heterocycles. The fourth-order valence-corrected chi connectivity index (χ4v) is 5.26. The molecule has 4 rings (SSSR count). The average Bonchev–Trinajstić information content (AvgIpc) is 3.37. The summed E-state index contributed by atoms with van der Waals surface area (Å²) in [6.45, 7) is 8.62. The molecule has 35 heavy (non-hydrogen) atoms. The molecule has 2 fully saturated rings. The Kier molecular flexibility index (Phi) is 7.39. The van der Waals surface area contributed by atoms with Crippen LogP contribution < -0.4 is 9.47 Å². The summed E-state index contributed by atoms with van der Waals surface area (Å²) in [6.07, 6.45) is 3.43. The van der Waals surface area contributed by atoms with Gasteiger partial charge in [-0.15, -0.1) is 0 Å². The molecule has 1 unspecified atom stereocenters. The molecule has 2 heterocycles. The zero-order chi connectivity index (χ0) is 25.2. The largest absolute Gasteiger partial charge is 0.497 e. The molecule has 0 aromatic heterocycles. The lowest BCUT2D eigenvalue weighted by molar-refractivity contribution is -0.137. The number of nitrogens with zero attached hydrogens (tertiary/aromatic N) is 2. The molecule has 0 radical (unpaired) electrons. The van der Waals surface area contributed by atoms with Gasteiger partial charge in [-0.1, -0.05) is 45.0 Å². The number of methoxy groups -OCH3 is 2. The number of likely N-dealkylation sites (tertiary alicyclic amines) is 2. The summed E-state index contributed by atoms with van der Waals surface area (Å²) < 4.78 is 10.6. The highest BCUT2D eigenvalue weighted by atomic mass is 16.5. The summed E-state index contributed by atoms with van der Waals surface area (Å²) in [4.78, 5) is 30.6. The summed E-state index contributed by atoms with van der Waals surface area (Å²) >= 11 is 0. The highest BCUT2D eigenvalue weighted by Crippen LogP contribution is 2.36. The zero-order valence-electron chi connectivity index (χ0n) is 21.7. The second-order valence-corrected chi connectivity index (χ2v) is 10.7. The van der Waals surface area contributed by atoms with Gasteiger partial charge in [-0.3, -0.25) is 9.59 Å². The normalized spacial score (nSPS) is 19.1. The molecule has 0 bridgehead atoms. The zero-order valence-corrected chi connectivity index (χ0v) is 21.7. The third-order valence-corrected chi connectivity index (χ3v) is 7.43. The van der Waals surface area contributed by atoms with Gasteiger partial charge >= 0.3 is 0 Å². The third kappa shape index (κ3) is 5.47. The Labute approximate surface area is 209 Å². The topological polar surface area (TPSA) is 59.1 Å². The minimum atomic E-state index is -0.0499. The lowest BCUT2D eigenvalue weighted by atomic mass is 9.86. The van der Waals surface area contributed by atoms with Gasteiger partial charge in [-0.05, 0) is 54.4 Å². The van der Waals surface area contributed by atoms with Crippen molar-refractivity contribution < 1.29 is 19.1 Å². The quantitative estimate of drug-likeness (QED) is 0.591. The number of rotatable bonds is 5. The minimum absolute atomic E-state index is 0.0339. The van der Waals surface area contributed by atoms with E-state index in [1.54, 1.807) is 32.4 Å². The number of amides is 2. The lowest BCUT2D eigenvalue weighted by Gasteiger charge is -2.35. The van der Waals surface area contributed by atoms with Crippen LogP contribution in [-0.2, 0) is 10.2 Å². The number of benzene rings is 2. The number of carbonyl (C=O) groups is 2. The summed E-state index contributed by atoms with van der Waals surface area (Å²) in [5, 5.41) is 0. The van der Waals surface area contributed by atoms with Gasteiger partial charge in [-0.25, -0.2) is 0 Å². The number of hydrogen-bond acceptors (Lipinski definition) is 4. The molecule has 2 aliphatic rings. The highest BCUT2D eigenvalue weighted by molar-refractivity contribution is 5.95. The van der Waals surface area contributed by atoms with E-state index in [9.17, 15) is 9.59 Å². The van der Waals surface area contributed by atoms with Gasteiger partial charge < -0.3 is 19.3 Å². The van der Waals surface area contributed by atoms with Crippen LogP contribution in [0.4, 0.5) is 0 Å². The monoisotopic (exact) mass is 478 g/mol. The van der Waals surface area contributed by atoms with Crippen molar-refractivity contribution in [2.45, 2.75) is 57.9 Å². The first kappa shape index (κ1) is 25.1. The van der Waals surface area contributed by atoms with Crippen LogP contribution in [0.3, 0.4) is 0 Å². The Morgan fingerprint density at radius 3 is 2.00 bits per heavy atom. The fourth-order valence-electron chi connectivity index (χ4n) is 5.26. The predicted molar refractivity (Wildman–Crippen MR) is 137 cm³/mol. The summed E-state index contributed by atoms with van der Waals surface area (Å²) in [5.74, 6) is 1.34. The standard InChI is InChI=1S/C29H38N2O4/c1-29(2,3)23-10-8-20(9-11-23)26-7-6-14-31(26)28(33)21-12-15-30(16-13-21)27(32)22-17-24(34-4)19-25(18-22)35-5/h8-11,17-19,21,26H,6-7,12-16H2,1-5H3. The molecule has 6 heteroatoms. The van der Waals surface area contributed by atoms with E-state index in [4.69, 9.17) is 9.47 Å². The Bertz CT molecular complexity index is 1030. The van der Waals surface area contributed by atoms with Crippen LogP contribution in [0.2, 0.25) is 0 Å². The Hall–Kier alpha value is -3.02. The van der Waals surface area contributed by atoms with Crippen LogP contribution in [-0.4, -0.2) is 55.5 Å². The van der Waals surface area contributed by atoms with Crippen molar-refractivity contribution in [1.82, 2.24) is 9.80 Å². The summed E-state index contributed by atoms with van der Waals surface area (Å²) in [6, 6.07) is 14.2. The number of carbonyl (C=O) groups excluding carboxylic acids is 2. The number of ether oxygens (including phenoxy) is 2. The van der Waals surface area contributed by atoms with Gasteiger partial charge in [0.25, 0.3) is 5.91 Å². The average molecular weight is 479 g/mol. The van der Waals surface area contributed by atoms with E-state index in [0.717, 1.165) is 19.4 Å².